The van der Waals surface area contributed by atoms with Crippen molar-refractivity contribution >= 4 is 23.4 Å². The van der Waals surface area contributed by atoms with Crippen LogP contribution in [0.25, 0.3) is 5.76 Å². The smallest absolute Gasteiger partial charge is 0.408 e. The molecule has 0 saturated heterocycles. The molecule has 2 aromatic carbocycles. The van der Waals surface area contributed by atoms with Gasteiger partial charge in [0.15, 0.2) is 0 Å². The number of fused-ring (bicyclic) bond motifs is 1. The number of ether oxygens (including phenoxy) is 2. The number of benzene rings is 2. The topological polar surface area (TPSA) is 91.7 Å². The maximum atomic E-state index is 16.5. The standard InChI is InChI=1S/C36H43F2N3O4/c1-7-27(17-24-11-9-8-10-12-24)44-23(2)28-18-32-29(19-30(28)37)36(6,38)20-31(40-34(43)45-35(3,4)5)33(42)41(32)22-26-15-13-25(21-39)14-16-26/h7,13-16,18-19,24,31H,2,8-12,17,20,22H2,1,3-6H3,(H,40,43)/b27-7-. The average molecular weight is 620 g/mol. The lowest BCUT2D eigenvalue weighted by Crippen LogP contribution is -2.50. The number of hydrogen-bond donors (Lipinski definition) is 1. The third-order valence-electron chi connectivity index (χ3n) is 8.30. The Kier molecular flexibility index (Phi) is 10.4. The molecule has 45 heavy (non-hydrogen) atoms. The lowest BCUT2D eigenvalue weighted by Gasteiger charge is -2.28. The van der Waals surface area contributed by atoms with Gasteiger partial charge in [0.25, 0.3) is 0 Å². The normalized spacial score (nSPS) is 20.9. The molecule has 1 saturated carbocycles. The first kappa shape index (κ1) is 33.7. The van der Waals surface area contributed by atoms with Gasteiger partial charge in [-0.3, -0.25) is 4.79 Å². The Balaban J connectivity index is 1.73. The van der Waals surface area contributed by atoms with E-state index in [1.165, 1.54) is 37.2 Å². The minimum absolute atomic E-state index is 0.00345. The predicted octanol–water partition coefficient (Wildman–Crippen LogP) is 8.57. The van der Waals surface area contributed by atoms with Crippen LogP contribution in [-0.4, -0.2) is 23.6 Å². The molecule has 2 atom stereocenters. The number of allylic oxidation sites excluding steroid dienone is 2. The highest BCUT2D eigenvalue weighted by Crippen LogP contribution is 2.44. The highest BCUT2D eigenvalue weighted by Gasteiger charge is 2.44. The van der Waals surface area contributed by atoms with E-state index >= 15 is 8.78 Å². The van der Waals surface area contributed by atoms with Gasteiger partial charge in [0.1, 0.15) is 34.6 Å². The van der Waals surface area contributed by atoms with Crippen LogP contribution in [0, 0.1) is 23.1 Å². The molecule has 0 aromatic heterocycles. The summed E-state index contributed by atoms with van der Waals surface area (Å²) in [6.45, 7) is 12.2. The van der Waals surface area contributed by atoms with Gasteiger partial charge in [-0.15, -0.1) is 0 Å². The van der Waals surface area contributed by atoms with Gasteiger partial charge in [-0.1, -0.05) is 50.8 Å². The number of nitrogens with one attached hydrogen (secondary N) is 1. The van der Waals surface area contributed by atoms with Gasteiger partial charge in [0.2, 0.25) is 5.91 Å². The molecule has 1 N–H and O–H groups in total. The number of alkyl carbamates (subject to hydrolysis) is 1. The van der Waals surface area contributed by atoms with E-state index in [-0.39, 0.29) is 29.1 Å². The number of nitriles is 1. The number of hydrogen-bond acceptors (Lipinski definition) is 5. The Hall–Kier alpha value is -4.19. The van der Waals surface area contributed by atoms with Gasteiger partial charge in [0, 0.05) is 18.4 Å². The summed E-state index contributed by atoms with van der Waals surface area (Å²) in [6.07, 6.45) is 7.07. The summed E-state index contributed by atoms with van der Waals surface area (Å²) in [5, 5.41) is 11.8. The summed E-state index contributed by atoms with van der Waals surface area (Å²) in [4.78, 5) is 28.2. The van der Waals surface area contributed by atoms with Crippen molar-refractivity contribution < 1.29 is 27.8 Å². The van der Waals surface area contributed by atoms with Gasteiger partial charge >= 0.3 is 6.09 Å². The molecular weight excluding hydrogens is 576 g/mol. The van der Waals surface area contributed by atoms with Gasteiger partial charge in [-0.05, 0) is 76.4 Å². The lowest BCUT2D eigenvalue weighted by molar-refractivity contribution is -0.121. The molecule has 2 aromatic rings. The van der Waals surface area contributed by atoms with Crippen LogP contribution in [0.1, 0.15) is 102 Å². The molecule has 240 valence electrons. The Bertz CT molecular complexity index is 1500. The van der Waals surface area contributed by atoms with Crippen molar-refractivity contribution in [2.75, 3.05) is 4.90 Å². The van der Waals surface area contributed by atoms with Crippen LogP contribution in [0.3, 0.4) is 0 Å². The van der Waals surface area contributed by atoms with Crippen LogP contribution >= 0.6 is 0 Å². The Morgan fingerprint density at radius 2 is 1.87 bits per heavy atom. The Labute approximate surface area is 264 Å². The van der Waals surface area contributed by atoms with Crippen LogP contribution in [-0.2, 0) is 26.5 Å². The molecule has 2 aliphatic rings. The van der Waals surface area contributed by atoms with E-state index in [9.17, 15) is 14.9 Å². The van der Waals surface area contributed by atoms with E-state index in [0.29, 0.717) is 29.2 Å². The highest BCUT2D eigenvalue weighted by molar-refractivity contribution is 6.00. The third kappa shape index (κ3) is 8.50. The number of alkyl halides is 1. The van der Waals surface area contributed by atoms with Crippen LogP contribution in [0.15, 0.2) is 54.8 Å². The quantitative estimate of drug-likeness (QED) is 0.299. The van der Waals surface area contributed by atoms with Crippen molar-refractivity contribution in [3.05, 3.63) is 82.9 Å². The van der Waals surface area contributed by atoms with Gasteiger partial charge in [0.05, 0.1) is 29.4 Å². The second kappa shape index (κ2) is 13.8. The third-order valence-corrected chi connectivity index (χ3v) is 8.30. The lowest BCUT2D eigenvalue weighted by atomic mass is 9.86. The van der Waals surface area contributed by atoms with E-state index in [1.807, 2.05) is 13.0 Å². The van der Waals surface area contributed by atoms with E-state index in [0.717, 1.165) is 18.9 Å². The summed E-state index contributed by atoms with van der Waals surface area (Å²) >= 11 is 0. The Morgan fingerprint density at radius 3 is 2.47 bits per heavy atom. The first-order valence-corrected chi connectivity index (χ1v) is 15.6. The number of carbonyl (C=O) groups excluding carboxylic acids is 2. The molecule has 9 heteroatoms. The van der Waals surface area contributed by atoms with E-state index < -0.39 is 41.6 Å². The largest absolute Gasteiger partial charge is 0.462 e. The molecule has 1 fully saturated rings. The van der Waals surface area contributed by atoms with Crippen molar-refractivity contribution in [1.29, 1.82) is 5.26 Å². The fourth-order valence-corrected chi connectivity index (χ4v) is 6.00. The molecule has 0 spiro atoms. The summed E-state index contributed by atoms with van der Waals surface area (Å²) < 4.78 is 43.8. The van der Waals surface area contributed by atoms with Crippen molar-refractivity contribution in [3.8, 4) is 6.07 Å². The maximum absolute atomic E-state index is 16.5. The summed E-state index contributed by atoms with van der Waals surface area (Å²) in [5.41, 5.74) is -1.86. The first-order valence-electron chi connectivity index (χ1n) is 15.6. The second-order valence-electron chi connectivity index (χ2n) is 13.2. The monoisotopic (exact) mass is 619 g/mol. The van der Waals surface area contributed by atoms with Crippen LogP contribution in [0.4, 0.5) is 19.3 Å². The highest BCUT2D eigenvalue weighted by atomic mass is 19.1. The molecule has 4 rings (SSSR count). The minimum atomic E-state index is -2.21. The SMILES string of the molecule is C=C(O/C(=C\C)CC1CCCCC1)c1cc2c(cc1F)C(C)(F)CC(NC(=O)OC(C)(C)C)C(=O)N2Cc1ccc(C#N)cc1. The number of rotatable bonds is 8. The van der Waals surface area contributed by atoms with Gasteiger partial charge < -0.3 is 19.7 Å². The number of amides is 2. The van der Waals surface area contributed by atoms with Crippen molar-refractivity contribution in [2.24, 2.45) is 5.92 Å². The first-order chi connectivity index (χ1) is 21.2. The molecule has 0 bridgehead atoms. The van der Waals surface area contributed by atoms with Gasteiger partial charge in [-0.25, -0.2) is 13.6 Å². The second-order valence-corrected chi connectivity index (χ2v) is 13.2. The van der Waals surface area contributed by atoms with Crippen LogP contribution < -0.4 is 10.2 Å². The van der Waals surface area contributed by atoms with Crippen LogP contribution in [0.5, 0.6) is 0 Å². The summed E-state index contributed by atoms with van der Waals surface area (Å²) in [6, 6.07) is 9.85. The zero-order chi connectivity index (χ0) is 32.9. The number of anilines is 1. The van der Waals surface area contributed by atoms with Crippen LogP contribution in [0.2, 0.25) is 0 Å². The summed E-state index contributed by atoms with van der Waals surface area (Å²) in [7, 11) is 0. The summed E-state index contributed by atoms with van der Waals surface area (Å²) in [5.74, 6) is -0.109. The molecule has 1 heterocycles. The van der Waals surface area contributed by atoms with Crippen molar-refractivity contribution in [2.45, 2.75) is 103 Å². The van der Waals surface area contributed by atoms with Crippen molar-refractivity contribution in [1.82, 2.24) is 5.32 Å². The molecule has 2 unspecified atom stereocenters. The number of carbonyl (C=O) groups is 2. The van der Waals surface area contributed by atoms with Gasteiger partial charge in [-0.2, -0.15) is 5.26 Å². The zero-order valence-corrected chi connectivity index (χ0v) is 26.8. The molecule has 0 radical (unpaired) electrons. The molecule has 1 aliphatic carbocycles. The predicted molar refractivity (Wildman–Crippen MR) is 170 cm³/mol. The zero-order valence-electron chi connectivity index (χ0n) is 26.8. The van der Waals surface area contributed by atoms with E-state index in [1.54, 1.807) is 45.0 Å². The average Bonchev–Trinajstić information content (AvgIpc) is 3.04. The fraction of sp³-hybridized carbons (Fsp3) is 0.472. The Morgan fingerprint density at radius 1 is 1.20 bits per heavy atom. The molecule has 1 aliphatic heterocycles. The van der Waals surface area contributed by atoms with E-state index in [2.05, 4.69) is 18.0 Å². The maximum Gasteiger partial charge on any atom is 0.408 e. The molecule has 7 nitrogen and oxygen atoms in total. The molecular formula is C36H43F2N3O4. The van der Waals surface area contributed by atoms with E-state index in [4.69, 9.17) is 9.47 Å². The minimum Gasteiger partial charge on any atom is -0.462 e. The van der Waals surface area contributed by atoms with Crippen molar-refractivity contribution in [3.63, 3.8) is 0 Å². The number of nitrogens with zero attached hydrogens (tertiary/aromatic N) is 2. The molecule has 2 amide bonds. The number of halogens is 2. The fourth-order valence-electron chi connectivity index (χ4n) is 6.00.